The quantitative estimate of drug-likeness (QED) is 0.902. The molecule has 3 fully saturated rings. The zero-order valence-corrected chi connectivity index (χ0v) is 12.5. The third-order valence-corrected chi connectivity index (χ3v) is 5.99. The normalized spacial score (nSPS) is 37.2. The number of aromatic nitrogens is 2. The van der Waals surface area contributed by atoms with E-state index in [-0.39, 0.29) is 12.2 Å². The first-order valence-electron chi connectivity index (χ1n) is 8.22. The lowest BCUT2D eigenvalue weighted by molar-refractivity contribution is 0.000319. The van der Waals surface area contributed by atoms with Crippen LogP contribution in [0.2, 0.25) is 0 Å². The molecular weight excluding hydrogens is 278 g/mol. The molecule has 3 aliphatic heterocycles. The van der Waals surface area contributed by atoms with E-state index < -0.39 is 0 Å². The van der Waals surface area contributed by atoms with Gasteiger partial charge in [0.25, 0.3) is 0 Å². The Hall–Kier alpha value is -1.43. The molecule has 0 amide bonds. The maximum atomic E-state index is 9.70. The lowest BCUT2D eigenvalue weighted by Gasteiger charge is -2.28. The number of fused-ring (bicyclic) bond motifs is 2. The fourth-order valence-electron chi connectivity index (χ4n) is 5.01. The smallest absolute Gasteiger partial charge is 0.0924 e. The highest BCUT2D eigenvalue weighted by molar-refractivity contribution is 5.81. The molecule has 1 spiro atoms. The second-order valence-electron chi connectivity index (χ2n) is 7.10. The topological polar surface area (TPSA) is 61.4 Å². The molecular formula is C17H21N3O2. The molecule has 2 bridgehead atoms. The van der Waals surface area contributed by atoms with Gasteiger partial charge in [-0.3, -0.25) is 10.00 Å². The fraction of sp³-hybridized carbons (Fsp3) is 0.588. The van der Waals surface area contributed by atoms with E-state index in [0.29, 0.717) is 17.9 Å². The molecule has 0 aliphatic carbocycles. The van der Waals surface area contributed by atoms with Crippen molar-refractivity contribution < 1.29 is 9.84 Å². The zero-order chi connectivity index (χ0) is 14.7. The molecule has 1 aromatic heterocycles. The number of likely N-dealkylation sites (tertiary alicyclic amines) is 1. The van der Waals surface area contributed by atoms with Crippen molar-refractivity contribution in [1.82, 2.24) is 15.1 Å². The number of H-pyrrole nitrogens is 1. The van der Waals surface area contributed by atoms with Crippen LogP contribution in [0.1, 0.15) is 18.5 Å². The standard InChI is InChI=1S/C17H21N3O2/c21-9-12-13-7-20(10-17(13)6-5-16(12)22-17)8-15-11-3-1-2-4-14(11)18-19-15/h1-4,12-13,16,21H,5-10H2,(H,18,19)/t12-,13+,16+,17+/m1/s1. The van der Waals surface area contributed by atoms with Gasteiger partial charge in [0.2, 0.25) is 0 Å². The molecule has 5 nitrogen and oxygen atoms in total. The van der Waals surface area contributed by atoms with Crippen LogP contribution >= 0.6 is 0 Å². The average Bonchev–Trinajstić information content (AvgIpc) is 3.26. The molecule has 0 unspecified atom stereocenters. The predicted octanol–water partition coefficient (Wildman–Crippen LogP) is 1.53. The van der Waals surface area contributed by atoms with E-state index in [4.69, 9.17) is 4.74 Å². The summed E-state index contributed by atoms with van der Waals surface area (Å²) < 4.78 is 6.30. The van der Waals surface area contributed by atoms with E-state index >= 15 is 0 Å². The molecule has 0 radical (unpaired) electrons. The molecule has 116 valence electrons. The van der Waals surface area contributed by atoms with Crippen LogP contribution < -0.4 is 0 Å². The van der Waals surface area contributed by atoms with Crippen LogP contribution in [0.5, 0.6) is 0 Å². The summed E-state index contributed by atoms with van der Waals surface area (Å²) in [5.74, 6) is 0.822. The van der Waals surface area contributed by atoms with Gasteiger partial charge in [-0.15, -0.1) is 0 Å². The summed E-state index contributed by atoms with van der Waals surface area (Å²) in [6.07, 6.45) is 2.56. The Morgan fingerprint density at radius 3 is 3.23 bits per heavy atom. The molecule has 2 N–H and O–H groups in total. The average molecular weight is 299 g/mol. The molecule has 5 rings (SSSR count). The van der Waals surface area contributed by atoms with Crippen molar-refractivity contribution in [1.29, 1.82) is 0 Å². The van der Waals surface area contributed by atoms with E-state index in [2.05, 4.69) is 27.2 Å². The minimum absolute atomic E-state index is 0.00783. The van der Waals surface area contributed by atoms with Gasteiger partial charge in [-0.25, -0.2) is 0 Å². The fourth-order valence-corrected chi connectivity index (χ4v) is 5.01. The lowest BCUT2D eigenvalue weighted by atomic mass is 9.74. The van der Waals surface area contributed by atoms with Gasteiger partial charge < -0.3 is 9.84 Å². The number of ether oxygens (including phenoxy) is 1. The number of aliphatic hydroxyl groups is 1. The lowest BCUT2D eigenvalue weighted by Crippen LogP contribution is -2.37. The number of para-hydroxylation sites is 1. The number of hydrogen-bond donors (Lipinski definition) is 2. The number of rotatable bonds is 3. The first-order valence-corrected chi connectivity index (χ1v) is 8.22. The molecule has 22 heavy (non-hydrogen) atoms. The van der Waals surface area contributed by atoms with Gasteiger partial charge >= 0.3 is 0 Å². The van der Waals surface area contributed by atoms with Crippen LogP contribution in [0, 0.1) is 11.8 Å². The Labute approximate surface area is 129 Å². The van der Waals surface area contributed by atoms with Gasteiger partial charge in [0, 0.05) is 43.5 Å². The van der Waals surface area contributed by atoms with Crippen molar-refractivity contribution in [2.45, 2.75) is 31.1 Å². The molecule has 3 aliphatic rings. The highest BCUT2D eigenvalue weighted by Gasteiger charge is 2.62. The van der Waals surface area contributed by atoms with Crippen molar-refractivity contribution in [2.75, 3.05) is 19.7 Å². The van der Waals surface area contributed by atoms with E-state index in [1.54, 1.807) is 0 Å². The Bertz CT molecular complexity index is 715. The van der Waals surface area contributed by atoms with Crippen LogP contribution in [0.15, 0.2) is 24.3 Å². The second kappa shape index (κ2) is 4.54. The summed E-state index contributed by atoms with van der Waals surface area (Å²) in [5, 5.41) is 18.5. The van der Waals surface area contributed by atoms with Crippen LogP contribution in [-0.2, 0) is 11.3 Å². The van der Waals surface area contributed by atoms with Gasteiger partial charge in [0.15, 0.2) is 0 Å². The van der Waals surface area contributed by atoms with Crippen LogP contribution in [-0.4, -0.2) is 51.6 Å². The number of nitrogens with one attached hydrogen (secondary N) is 1. The highest BCUT2D eigenvalue weighted by atomic mass is 16.5. The molecule has 4 atom stereocenters. The molecule has 2 aromatic rings. The summed E-state index contributed by atoms with van der Waals surface area (Å²) in [6, 6.07) is 8.25. The molecule has 3 saturated heterocycles. The third-order valence-electron chi connectivity index (χ3n) is 5.99. The van der Waals surface area contributed by atoms with E-state index in [0.717, 1.165) is 38.0 Å². The van der Waals surface area contributed by atoms with Crippen molar-refractivity contribution in [3.63, 3.8) is 0 Å². The van der Waals surface area contributed by atoms with Crippen LogP contribution in [0.4, 0.5) is 0 Å². The zero-order valence-electron chi connectivity index (χ0n) is 12.5. The summed E-state index contributed by atoms with van der Waals surface area (Å²) >= 11 is 0. The molecule has 4 heterocycles. The van der Waals surface area contributed by atoms with Gasteiger partial charge in [-0.1, -0.05) is 18.2 Å². The number of aromatic amines is 1. The SMILES string of the molecule is OC[C@H]1[C@@H]2CC[C@@]3(CN(Cc4[nH]nc5ccccc45)C[C@@H]13)O2. The minimum Gasteiger partial charge on any atom is -0.396 e. The monoisotopic (exact) mass is 299 g/mol. The summed E-state index contributed by atoms with van der Waals surface area (Å²) in [6.45, 7) is 3.15. The van der Waals surface area contributed by atoms with Gasteiger partial charge in [-0.2, -0.15) is 5.10 Å². The number of nitrogens with zero attached hydrogens (tertiary/aromatic N) is 2. The second-order valence-corrected chi connectivity index (χ2v) is 7.10. The molecule has 1 aromatic carbocycles. The van der Waals surface area contributed by atoms with E-state index in [1.807, 2.05) is 12.1 Å². The highest BCUT2D eigenvalue weighted by Crippen LogP contribution is 2.54. The molecule has 5 heteroatoms. The summed E-state index contributed by atoms with van der Waals surface area (Å²) in [4.78, 5) is 2.47. The maximum Gasteiger partial charge on any atom is 0.0924 e. The first kappa shape index (κ1) is 13.0. The maximum absolute atomic E-state index is 9.70. The van der Waals surface area contributed by atoms with E-state index in [1.165, 1.54) is 11.1 Å². The van der Waals surface area contributed by atoms with Crippen molar-refractivity contribution in [3.05, 3.63) is 30.0 Å². The van der Waals surface area contributed by atoms with Gasteiger partial charge in [-0.05, 0) is 18.9 Å². The first-order chi connectivity index (χ1) is 10.8. The van der Waals surface area contributed by atoms with E-state index in [9.17, 15) is 5.11 Å². The Morgan fingerprint density at radius 2 is 2.32 bits per heavy atom. The van der Waals surface area contributed by atoms with Gasteiger partial charge in [0.1, 0.15) is 0 Å². The molecule has 0 saturated carbocycles. The number of benzene rings is 1. The Kier molecular flexibility index (Phi) is 2.69. The Balaban J connectivity index is 1.40. The predicted molar refractivity (Wildman–Crippen MR) is 82.3 cm³/mol. The third kappa shape index (κ3) is 1.67. The minimum atomic E-state index is 0.00783. The number of aliphatic hydroxyl groups excluding tert-OH is 1. The Morgan fingerprint density at radius 1 is 1.41 bits per heavy atom. The summed E-state index contributed by atoms with van der Waals surface area (Å²) in [5.41, 5.74) is 2.22. The van der Waals surface area contributed by atoms with Crippen molar-refractivity contribution >= 4 is 10.9 Å². The van der Waals surface area contributed by atoms with Crippen molar-refractivity contribution in [2.24, 2.45) is 11.8 Å². The van der Waals surface area contributed by atoms with Crippen LogP contribution in [0.25, 0.3) is 10.9 Å². The van der Waals surface area contributed by atoms with Gasteiger partial charge in [0.05, 0.1) is 22.9 Å². The van der Waals surface area contributed by atoms with Crippen LogP contribution in [0.3, 0.4) is 0 Å². The summed E-state index contributed by atoms with van der Waals surface area (Å²) in [7, 11) is 0. The van der Waals surface area contributed by atoms with Crippen molar-refractivity contribution in [3.8, 4) is 0 Å². The number of hydrogen-bond acceptors (Lipinski definition) is 4. The largest absolute Gasteiger partial charge is 0.396 e.